The number of carbonyl (C=O) groups excluding carboxylic acids is 2. The topological polar surface area (TPSA) is 43.4 Å². The van der Waals surface area contributed by atoms with Crippen molar-refractivity contribution >= 4 is 11.6 Å². The third-order valence-corrected chi connectivity index (χ3v) is 4.77. The third kappa shape index (κ3) is 1.60. The van der Waals surface area contributed by atoms with Crippen molar-refractivity contribution in [3.05, 3.63) is 11.1 Å². The summed E-state index contributed by atoms with van der Waals surface area (Å²) >= 11 is 0. The summed E-state index contributed by atoms with van der Waals surface area (Å²) < 4.78 is 6.01. The highest BCUT2D eigenvalue weighted by molar-refractivity contribution is 5.98. The zero-order valence-electron chi connectivity index (χ0n) is 11.1. The lowest BCUT2D eigenvalue weighted by Gasteiger charge is -2.49. The van der Waals surface area contributed by atoms with E-state index in [4.69, 9.17) is 4.74 Å². The number of ketones is 2. The van der Waals surface area contributed by atoms with Crippen molar-refractivity contribution in [2.45, 2.75) is 58.2 Å². The van der Waals surface area contributed by atoms with Crippen LogP contribution in [0, 0.1) is 11.8 Å². The van der Waals surface area contributed by atoms with Crippen LogP contribution in [0.15, 0.2) is 11.1 Å². The fourth-order valence-electron chi connectivity index (χ4n) is 3.88. The van der Waals surface area contributed by atoms with E-state index in [1.54, 1.807) is 0 Å². The van der Waals surface area contributed by atoms with Gasteiger partial charge in [-0.1, -0.05) is 6.92 Å². The molecule has 4 atom stereocenters. The van der Waals surface area contributed by atoms with E-state index < -0.39 is 0 Å². The molecule has 4 rings (SSSR count). The maximum Gasteiger partial charge on any atom is 0.159 e. The molecule has 0 aromatic rings. The predicted molar refractivity (Wildman–Crippen MR) is 67.1 cm³/mol. The molecule has 0 N–H and O–H groups in total. The fraction of sp³-hybridized carbons (Fsp3) is 0.733. The van der Waals surface area contributed by atoms with Crippen LogP contribution in [0.4, 0.5) is 0 Å². The number of hydrogen-bond acceptors (Lipinski definition) is 3. The summed E-state index contributed by atoms with van der Waals surface area (Å²) in [6.45, 7) is 3.95. The van der Waals surface area contributed by atoms with E-state index in [2.05, 4.69) is 0 Å². The Hall–Kier alpha value is -0.960. The zero-order chi connectivity index (χ0) is 12.9. The van der Waals surface area contributed by atoms with Gasteiger partial charge in [0.2, 0.25) is 0 Å². The van der Waals surface area contributed by atoms with Gasteiger partial charge in [0.15, 0.2) is 5.78 Å². The maximum absolute atomic E-state index is 12.1. The minimum atomic E-state index is -0.100. The molecule has 4 aliphatic rings. The Kier molecular flexibility index (Phi) is 2.89. The van der Waals surface area contributed by atoms with Gasteiger partial charge >= 0.3 is 0 Å². The number of rotatable bonds is 2. The summed E-state index contributed by atoms with van der Waals surface area (Å²) in [6.07, 6.45) is 3.94. The molecular formula is C15H20O3. The van der Waals surface area contributed by atoms with Crippen molar-refractivity contribution in [3.8, 4) is 0 Å². The van der Waals surface area contributed by atoms with Gasteiger partial charge in [-0.15, -0.1) is 0 Å². The van der Waals surface area contributed by atoms with Crippen molar-refractivity contribution in [1.82, 2.24) is 0 Å². The summed E-state index contributed by atoms with van der Waals surface area (Å²) in [7, 11) is 0. The normalized spacial score (nSPS) is 38.9. The second-order valence-electron chi connectivity index (χ2n) is 5.75. The monoisotopic (exact) mass is 248 g/mol. The van der Waals surface area contributed by atoms with E-state index in [0.717, 1.165) is 30.4 Å². The summed E-state index contributed by atoms with van der Waals surface area (Å²) in [5.74, 6) is 0.768. The maximum atomic E-state index is 12.1. The van der Waals surface area contributed by atoms with Crippen LogP contribution in [0.1, 0.15) is 46.0 Å². The van der Waals surface area contributed by atoms with E-state index in [-0.39, 0.29) is 24.0 Å². The van der Waals surface area contributed by atoms with Crippen LogP contribution >= 0.6 is 0 Å². The first-order valence-corrected chi connectivity index (χ1v) is 7.07. The van der Waals surface area contributed by atoms with E-state index in [9.17, 15) is 9.59 Å². The summed E-state index contributed by atoms with van der Waals surface area (Å²) in [6, 6.07) is 0. The summed E-state index contributed by atoms with van der Waals surface area (Å²) in [4.78, 5) is 24.1. The third-order valence-electron chi connectivity index (χ3n) is 4.77. The van der Waals surface area contributed by atoms with E-state index in [0.29, 0.717) is 24.4 Å². The minimum absolute atomic E-state index is 0.000787. The van der Waals surface area contributed by atoms with Gasteiger partial charge in [-0.2, -0.15) is 0 Å². The average Bonchev–Trinajstić information content (AvgIpc) is 2.38. The van der Waals surface area contributed by atoms with Gasteiger partial charge in [0.25, 0.3) is 0 Å². The van der Waals surface area contributed by atoms with Crippen LogP contribution in [0.2, 0.25) is 0 Å². The molecule has 2 heterocycles. The molecule has 0 amide bonds. The smallest absolute Gasteiger partial charge is 0.159 e. The molecule has 1 fully saturated rings. The molecule has 1 saturated heterocycles. The molecule has 3 heteroatoms. The second-order valence-corrected chi connectivity index (χ2v) is 5.75. The molecule has 2 aliphatic carbocycles. The molecule has 2 bridgehead atoms. The highest BCUT2D eigenvalue weighted by Gasteiger charge is 2.50. The van der Waals surface area contributed by atoms with Gasteiger partial charge in [0, 0.05) is 30.3 Å². The number of fused-ring (bicyclic) bond motifs is 2. The first-order valence-electron chi connectivity index (χ1n) is 7.07. The molecule has 0 unspecified atom stereocenters. The molecule has 0 radical (unpaired) electrons. The van der Waals surface area contributed by atoms with Gasteiger partial charge in [0.1, 0.15) is 5.78 Å². The number of hydrogen-bond donors (Lipinski definition) is 0. The highest BCUT2D eigenvalue weighted by Crippen LogP contribution is 2.48. The lowest BCUT2D eigenvalue weighted by Crippen LogP contribution is -2.51. The molecular weight excluding hydrogens is 228 g/mol. The molecule has 98 valence electrons. The van der Waals surface area contributed by atoms with Crippen molar-refractivity contribution in [2.75, 3.05) is 0 Å². The molecule has 2 aliphatic heterocycles. The zero-order valence-corrected chi connectivity index (χ0v) is 11.1. The average molecular weight is 248 g/mol. The number of Topliss-reactive ketones (excluding diaryl/α,β-unsaturated/α-hetero) is 2. The Morgan fingerprint density at radius 2 is 2.17 bits per heavy atom. The lowest BCUT2D eigenvalue weighted by molar-refractivity contribution is -0.145. The first-order chi connectivity index (χ1) is 8.63. The molecule has 0 aromatic carbocycles. The Labute approximate surface area is 108 Å². The Bertz CT molecular complexity index is 435. The van der Waals surface area contributed by atoms with Crippen LogP contribution in [0.25, 0.3) is 0 Å². The van der Waals surface area contributed by atoms with Crippen LogP contribution in [-0.4, -0.2) is 23.8 Å². The Morgan fingerprint density at radius 1 is 1.39 bits per heavy atom. The molecule has 18 heavy (non-hydrogen) atoms. The van der Waals surface area contributed by atoms with Crippen LogP contribution in [0.5, 0.6) is 0 Å². The van der Waals surface area contributed by atoms with Crippen LogP contribution in [0.3, 0.4) is 0 Å². The van der Waals surface area contributed by atoms with Crippen molar-refractivity contribution in [2.24, 2.45) is 11.8 Å². The first kappa shape index (κ1) is 12.1. The van der Waals surface area contributed by atoms with E-state index in [1.807, 2.05) is 13.8 Å². The van der Waals surface area contributed by atoms with Gasteiger partial charge in [-0.3, -0.25) is 9.59 Å². The Morgan fingerprint density at radius 3 is 2.89 bits per heavy atom. The van der Waals surface area contributed by atoms with Crippen molar-refractivity contribution in [3.63, 3.8) is 0 Å². The molecule has 0 aromatic heterocycles. The van der Waals surface area contributed by atoms with Gasteiger partial charge in [-0.05, 0) is 31.8 Å². The van der Waals surface area contributed by atoms with E-state index in [1.165, 1.54) is 0 Å². The SMILES string of the molecule is CCC(=O)[C@H]1C[C@H]2C3=C(CCCC3=O)[C@@H]1O[C@@H]2C. The molecule has 0 saturated carbocycles. The van der Waals surface area contributed by atoms with Gasteiger partial charge < -0.3 is 4.74 Å². The standard InChI is InChI=1S/C15H20O3/c1-3-12(16)11-7-10-8(2)18-15(11)9-5-4-6-13(17)14(9)10/h8,10-11,15H,3-7H2,1-2H3/t8-,10-,11-,15+/m1/s1. The number of ether oxygens (including phenoxy) is 1. The van der Waals surface area contributed by atoms with Crippen molar-refractivity contribution < 1.29 is 14.3 Å². The van der Waals surface area contributed by atoms with Gasteiger partial charge in [0.05, 0.1) is 12.2 Å². The number of carbonyl (C=O) groups is 2. The summed E-state index contributed by atoms with van der Waals surface area (Å²) in [5, 5.41) is 0. The highest BCUT2D eigenvalue weighted by atomic mass is 16.5. The fourth-order valence-corrected chi connectivity index (χ4v) is 3.88. The lowest BCUT2D eigenvalue weighted by atomic mass is 9.64. The van der Waals surface area contributed by atoms with Crippen molar-refractivity contribution in [1.29, 1.82) is 0 Å². The van der Waals surface area contributed by atoms with E-state index >= 15 is 0 Å². The Balaban J connectivity index is 2.01. The van der Waals surface area contributed by atoms with Crippen LogP contribution < -0.4 is 0 Å². The summed E-state index contributed by atoms with van der Waals surface area (Å²) in [5.41, 5.74) is 2.19. The predicted octanol–water partition coefficient (Wildman–Crippen LogP) is 2.44. The molecule has 3 nitrogen and oxygen atoms in total. The van der Waals surface area contributed by atoms with Crippen LogP contribution in [-0.2, 0) is 14.3 Å². The largest absolute Gasteiger partial charge is 0.370 e. The van der Waals surface area contributed by atoms with Gasteiger partial charge in [-0.25, -0.2) is 0 Å². The quantitative estimate of drug-likeness (QED) is 0.754. The molecule has 0 spiro atoms. The minimum Gasteiger partial charge on any atom is -0.370 e. The second kappa shape index (κ2) is 4.30.